The lowest BCUT2D eigenvalue weighted by atomic mass is 10.1. The van der Waals surface area contributed by atoms with Gasteiger partial charge in [0.05, 0.1) is 0 Å². The summed E-state index contributed by atoms with van der Waals surface area (Å²) in [6.45, 7) is 16.7. The van der Waals surface area contributed by atoms with Crippen LogP contribution in [0.4, 0.5) is 0 Å². The third-order valence-corrected chi connectivity index (χ3v) is 4.37. The van der Waals surface area contributed by atoms with Gasteiger partial charge in [-0.25, -0.2) is 0 Å². The second-order valence-corrected chi connectivity index (χ2v) is 7.78. The number of imide groups is 1. The van der Waals surface area contributed by atoms with Crippen molar-refractivity contribution in [3.63, 3.8) is 0 Å². The zero-order valence-electron chi connectivity index (χ0n) is 15.7. The number of carbonyl (C=O) groups excluding carboxylic acids is 3. The molecule has 0 spiro atoms. The Morgan fingerprint density at radius 2 is 1.50 bits per heavy atom. The number of hydrogen-bond acceptors (Lipinski definition) is 5. The molecule has 0 aromatic rings. The Hall–Kier alpha value is -2.26. The molecule has 0 fully saturated rings. The van der Waals surface area contributed by atoms with Crippen LogP contribution >= 0.6 is 0 Å². The van der Waals surface area contributed by atoms with Gasteiger partial charge in [0.25, 0.3) is 21.9 Å². The first kappa shape index (κ1) is 26.0. The molecule has 0 aliphatic heterocycles. The molecular weight excluding hydrogens is 360 g/mol. The molecule has 1 atom stereocenters. The largest absolute Gasteiger partial charge is 0.351 e. The van der Waals surface area contributed by atoms with E-state index in [2.05, 4.69) is 25.1 Å². The Labute approximate surface area is 155 Å². The fourth-order valence-electron chi connectivity index (χ4n) is 1.70. The number of nitrogens with one attached hydrogen (secondary N) is 1. The first-order valence-electron chi connectivity index (χ1n) is 7.75. The highest BCUT2D eigenvalue weighted by Crippen LogP contribution is 2.14. The van der Waals surface area contributed by atoms with Crippen LogP contribution in [0.15, 0.2) is 38.0 Å². The van der Waals surface area contributed by atoms with E-state index in [1.165, 1.54) is 0 Å². The van der Waals surface area contributed by atoms with Crippen molar-refractivity contribution in [1.82, 2.24) is 10.2 Å². The highest BCUT2D eigenvalue weighted by molar-refractivity contribution is 7.86. The Balaban J connectivity index is 0. The fourth-order valence-corrected chi connectivity index (χ4v) is 2.41. The van der Waals surface area contributed by atoms with Crippen LogP contribution in [-0.4, -0.2) is 52.9 Å². The van der Waals surface area contributed by atoms with Crippen molar-refractivity contribution in [2.24, 2.45) is 0 Å². The summed E-state index contributed by atoms with van der Waals surface area (Å²) in [5.74, 6) is -1.27. The first-order valence-corrected chi connectivity index (χ1v) is 9.26. The highest BCUT2D eigenvalue weighted by Gasteiger charge is 2.28. The van der Waals surface area contributed by atoms with E-state index in [0.717, 1.165) is 23.1 Å². The Morgan fingerprint density at radius 3 is 1.73 bits per heavy atom. The second kappa shape index (κ2) is 11.4. The summed E-state index contributed by atoms with van der Waals surface area (Å²) in [5, 5.41) is 1.35. The number of nitrogens with zero attached hydrogens (tertiary/aromatic N) is 1. The zero-order valence-corrected chi connectivity index (χ0v) is 16.5. The van der Waals surface area contributed by atoms with Gasteiger partial charge in [0.2, 0.25) is 5.91 Å². The summed E-state index contributed by atoms with van der Waals surface area (Å²) in [4.78, 5) is 34.4. The van der Waals surface area contributed by atoms with Gasteiger partial charge in [-0.1, -0.05) is 26.7 Å². The standard InChI is InChI=1S/C10H15NO2.C7H13NO4S/c1-6-8(12)11(9(13)7-2)10(3,4)5;1-3-6(13(10,11)12)5-8-7(9)4-2/h6-7H,1-2H2,3-5H3;4,6H,2-3,5H2,1H3,(H,8,9)(H,10,11,12). The molecule has 1 unspecified atom stereocenters. The average Bonchev–Trinajstić information content (AvgIpc) is 2.52. The van der Waals surface area contributed by atoms with Crippen molar-refractivity contribution < 1.29 is 27.4 Å². The van der Waals surface area contributed by atoms with E-state index in [1.54, 1.807) is 27.7 Å². The quantitative estimate of drug-likeness (QED) is 0.503. The lowest BCUT2D eigenvalue weighted by Gasteiger charge is -2.31. The molecular formula is C17H28N2O6S. The second-order valence-electron chi connectivity index (χ2n) is 6.09. The minimum Gasteiger partial charge on any atom is -0.351 e. The third-order valence-electron chi connectivity index (χ3n) is 3.03. The van der Waals surface area contributed by atoms with Crippen molar-refractivity contribution in [2.75, 3.05) is 6.54 Å². The predicted octanol–water partition coefficient (Wildman–Crippen LogP) is 1.47. The van der Waals surface area contributed by atoms with Crippen LogP contribution in [0.2, 0.25) is 0 Å². The lowest BCUT2D eigenvalue weighted by Crippen LogP contribution is -2.48. The zero-order chi connectivity index (χ0) is 21.1. The number of rotatable bonds is 7. The predicted molar refractivity (Wildman–Crippen MR) is 101 cm³/mol. The molecule has 0 heterocycles. The molecule has 0 aliphatic rings. The van der Waals surface area contributed by atoms with E-state index >= 15 is 0 Å². The van der Waals surface area contributed by atoms with Crippen LogP contribution in [0.3, 0.4) is 0 Å². The van der Waals surface area contributed by atoms with Gasteiger partial charge in [-0.15, -0.1) is 0 Å². The minimum absolute atomic E-state index is 0.0970. The lowest BCUT2D eigenvalue weighted by molar-refractivity contribution is -0.144. The molecule has 3 amide bonds. The monoisotopic (exact) mass is 388 g/mol. The molecule has 0 rings (SSSR count). The van der Waals surface area contributed by atoms with Gasteiger partial charge < -0.3 is 5.32 Å². The SMILES string of the molecule is C=CC(=O)N(C(=O)C=C)C(C)(C)C.C=CC(=O)NCC(CC)S(=O)(=O)O. The topological polar surface area (TPSA) is 121 Å². The van der Waals surface area contributed by atoms with Crippen LogP contribution < -0.4 is 5.32 Å². The van der Waals surface area contributed by atoms with E-state index in [-0.39, 0.29) is 13.0 Å². The molecule has 0 aromatic heterocycles. The van der Waals surface area contributed by atoms with Gasteiger partial charge in [0.1, 0.15) is 5.25 Å². The van der Waals surface area contributed by atoms with Crippen LogP contribution in [0.5, 0.6) is 0 Å². The maximum Gasteiger partial charge on any atom is 0.269 e. The van der Waals surface area contributed by atoms with Crippen LogP contribution in [0.1, 0.15) is 34.1 Å². The molecule has 8 nitrogen and oxygen atoms in total. The molecule has 0 saturated carbocycles. The molecule has 0 radical (unpaired) electrons. The summed E-state index contributed by atoms with van der Waals surface area (Å²) < 4.78 is 29.9. The van der Waals surface area contributed by atoms with E-state index < -0.39 is 38.6 Å². The van der Waals surface area contributed by atoms with Gasteiger partial charge in [-0.2, -0.15) is 8.42 Å². The van der Waals surface area contributed by atoms with E-state index in [1.807, 2.05) is 0 Å². The minimum atomic E-state index is -4.07. The first-order chi connectivity index (χ1) is 11.8. The van der Waals surface area contributed by atoms with Gasteiger partial charge in [-0.05, 0) is 45.4 Å². The smallest absolute Gasteiger partial charge is 0.269 e. The molecule has 2 N–H and O–H groups in total. The maximum atomic E-state index is 11.3. The van der Waals surface area contributed by atoms with Crippen molar-refractivity contribution in [1.29, 1.82) is 0 Å². The summed E-state index contributed by atoms with van der Waals surface area (Å²) in [7, 11) is -4.07. The molecule has 0 aromatic carbocycles. The Bertz CT molecular complexity index is 627. The van der Waals surface area contributed by atoms with E-state index in [0.29, 0.717) is 0 Å². The third kappa shape index (κ3) is 9.90. The van der Waals surface area contributed by atoms with Gasteiger partial charge in [0.15, 0.2) is 0 Å². The molecule has 0 saturated heterocycles. The van der Waals surface area contributed by atoms with Crippen molar-refractivity contribution in [3.05, 3.63) is 38.0 Å². The number of carbonyl (C=O) groups is 3. The molecule has 9 heteroatoms. The number of hydrogen-bond donors (Lipinski definition) is 2. The normalized spacial score (nSPS) is 11.9. The van der Waals surface area contributed by atoms with E-state index in [9.17, 15) is 22.8 Å². The summed E-state index contributed by atoms with van der Waals surface area (Å²) in [6, 6.07) is 0. The summed E-state index contributed by atoms with van der Waals surface area (Å²) in [6.07, 6.45) is 3.52. The molecule has 0 aliphatic carbocycles. The van der Waals surface area contributed by atoms with Crippen LogP contribution in [0, 0.1) is 0 Å². The fraction of sp³-hybridized carbons (Fsp3) is 0.471. The Kier molecular flexibility index (Phi) is 11.4. The molecule has 0 bridgehead atoms. The van der Waals surface area contributed by atoms with E-state index in [4.69, 9.17) is 4.55 Å². The average molecular weight is 388 g/mol. The van der Waals surface area contributed by atoms with Crippen molar-refractivity contribution in [2.45, 2.75) is 44.9 Å². The van der Waals surface area contributed by atoms with Crippen molar-refractivity contribution >= 4 is 27.8 Å². The molecule has 26 heavy (non-hydrogen) atoms. The van der Waals surface area contributed by atoms with Crippen molar-refractivity contribution in [3.8, 4) is 0 Å². The summed E-state index contributed by atoms with van der Waals surface area (Å²) in [5.41, 5.74) is -0.545. The maximum absolute atomic E-state index is 11.3. The highest BCUT2D eigenvalue weighted by atomic mass is 32.2. The van der Waals surface area contributed by atoms with Crippen LogP contribution in [-0.2, 0) is 24.5 Å². The Morgan fingerprint density at radius 1 is 1.08 bits per heavy atom. The van der Waals surface area contributed by atoms with Gasteiger partial charge in [0, 0.05) is 12.1 Å². The van der Waals surface area contributed by atoms with Crippen LogP contribution in [0.25, 0.3) is 0 Å². The van der Waals surface area contributed by atoms with Gasteiger partial charge in [-0.3, -0.25) is 23.8 Å². The summed E-state index contributed by atoms with van der Waals surface area (Å²) >= 11 is 0. The number of amides is 3. The van der Waals surface area contributed by atoms with Gasteiger partial charge >= 0.3 is 0 Å². The molecule has 148 valence electrons.